The van der Waals surface area contributed by atoms with E-state index in [1.807, 2.05) is 0 Å². The predicted octanol–water partition coefficient (Wildman–Crippen LogP) is 1.41. The Balaban J connectivity index is 2.54. The molecule has 0 N–H and O–H groups in total. The SMILES string of the molecule is SCC(S)Cl. The van der Waals surface area contributed by atoms with Gasteiger partial charge in [-0.2, -0.15) is 25.3 Å². The minimum absolute atomic E-state index is 0.0849. The highest BCUT2D eigenvalue weighted by Crippen LogP contribution is 2.00. The molecule has 0 saturated heterocycles. The summed E-state index contributed by atoms with van der Waals surface area (Å²) in [6, 6.07) is 0. The van der Waals surface area contributed by atoms with Gasteiger partial charge in [0.2, 0.25) is 0 Å². The summed E-state index contributed by atoms with van der Waals surface area (Å²) in [5, 5.41) is 0. The number of rotatable bonds is 1. The Morgan fingerprint density at radius 2 is 2.00 bits per heavy atom. The topological polar surface area (TPSA) is 0 Å². The molecule has 0 aliphatic carbocycles. The first-order valence-electron chi connectivity index (χ1n) is 1.20. The second-order valence-corrected chi connectivity index (χ2v) is 2.44. The Bertz CT molecular complexity index is 21.6. The van der Waals surface area contributed by atoms with Crippen molar-refractivity contribution in [3.63, 3.8) is 0 Å². The third-order valence-electron chi connectivity index (χ3n) is 0.151. The lowest BCUT2D eigenvalue weighted by Crippen LogP contribution is -1.83. The molecule has 0 bridgehead atoms. The standard InChI is InChI=1S/C2H5ClS2/c3-2(5)1-4/h2,4-5H,1H2. The summed E-state index contributed by atoms with van der Waals surface area (Å²) in [6.45, 7) is 0. The van der Waals surface area contributed by atoms with E-state index in [0.29, 0.717) is 5.75 Å². The first kappa shape index (κ1) is 5.99. The fourth-order valence-electron chi connectivity index (χ4n) is 0. The summed E-state index contributed by atoms with van der Waals surface area (Å²) >= 11 is 12.8. The average Bonchev–Trinajstić information content (AvgIpc) is 1.38. The van der Waals surface area contributed by atoms with Gasteiger partial charge in [0.1, 0.15) is 0 Å². The molecule has 32 valence electrons. The van der Waals surface area contributed by atoms with Crippen LogP contribution in [0.3, 0.4) is 0 Å². The zero-order valence-corrected chi connectivity index (χ0v) is 5.10. The van der Waals surface area contributed by atoms with Gasteiger partial charge in [-0.1, -0.05) is 0 Å². The van der Waals surface area contributed by atoms with Crippen molar-refractivity contribution in [1.82, 2.24) is 0 Å². The van der Waals surface area contributed by atoms with E-state index in [9.17, 15) is 0 Å². The van der Waals surface area contributed by atoms with Crippen LogP contribution in [0.25, 0.3) is 0 Å². The smallest absolute Gasteiger partial charge is 0.0847 e. The molecule has 0 heterocycles. The molecule has 5 heavy (non-hydrogen) atoms. The summed E-state index contributed by atoms with van der Waals surface area (Å²) in [5.74, 6) is 0.630. The Labute approximate surface area is 47.7 Å². The molecule has 0 nitrogen and oxygen atoms in total. The molecule has 0 aromatic heterocycles. The quantitative estimate of drug-likeness (QED) is 0.387. The molecule has 0 aliphatic heterocycles. The van der Waals surface area contributed by atoms with E-state index in [1.54, 1.807) is 0 Å². The zero-order chi connectivity index (χ0) is 4.28. The zero-order valence-electron chi connectivity index (χ0n) is 2.56. The second-order valence-electron chi connectivity index (χ2n) is 0.617. The maximum absolute atomic E-state index is 5.25. The summed E-state index contributed by atoms with van der Waals surface area (Å²) in [6.07, 6.45) is 0. The summed E-state index contributed by atoms with van der Waals surface area (Å²) in [7, 11) is 0. The van der Waals surface area contributed by atoms with Crippen molar-refractivity contribution in [2.75, 3.05) is 5.75 Å². The highest BCUT2D eigenvalue weighted by Gasteiger charge is 1.85. The van der Waals surface area contributed by atoms with E-state index in [4.69, 9.17) is 11.6 Å². The number of halogens is 1. The van der Waals surface area contributed by atoms with Crippen LogP contribution in [0, 0.1) is 0 Å². The molecule has 1 unspecified atom stereocenters. The molecule has 0 fully saturated rings. The fraction of sp³-hybridized carbons (Fsp3) is 1.00. The van der Waals surface area contributed by atoms with E-state index >= 15 is 0 Å². The number of thiol groups is 2. The molecule has 0 aliphatic rings. The Morgan fingerprint density at radius 1 is 1.80 bits per heavy atom. The molecule has 3 heteroatoms. The number of hydrogen-bond acceptors (Lipinski definition) is 2. The minimum atomic E-state index is -0.0849. The van der Waals surface area contributed by atoms with Crippen molar-refractivity contribution >= 4 is 36.9 Å². The molecular formula is C2H5ClS2. The highest BCUT2D eigenvalue weighted by atomic mass is 35.5. The van der Waals surface area contributed by atoms with Crippen LogP contribution in [0.1, 0.15) is 0 Å². The second kappa shape index (κ2) is 3.19. The third-order valence-corrected chi connectivity index (χ3v) is 1.36. The summed E-state index contributed by atoms with van der Waals surface area (Å²) in [5.41, 5.74) is 0. The normalized spacial score (nSPS) is 15.0. The van der Waals surface area contributed by atoms with Crippen LogP contribution in [-0.2, 0) is 0 Å². The van der Waals surface area contributed by atoms with Gasteiger partial charge in [0, 0.05) is 5.75 Å². The first-order chi connectivity index (χ1) is 2.27. The van der Waals surface area contributed by atoms with E-state index in [-0.39, 0.29) is 4.71 Å². The maximum atomic E-state index is 5.25. The molecule has 0 radical (unpaired) electrons. The van der Waals surface area contributed by atoms with Crippen LogP contribution in [0.2, 0.25) is 0 Å². The number of hydrogen-bond donors (Lipinski definition) is 2. The van der Waals surface area contributed by atoms with Crippen molar-refractivity contribution in [2.45, 2.75) is 4.71 Å². The molecule has 0 aromatic carbocycles. The monoisotopic (exact) mass is 128 g/mol. The van der Waals surface area contributed by atoms with Crippen LogP contribution in [0.4, 0.5) is 0 Å². The minimum Gasteiger partial charge on any atom is -0.177 e. The van der Waals surface area contributed by atoms with E-state index in [2.05, 4.69) is 25.3 Å². The number of alkyl halides is 1. The highest BCUT2D eigenvalue weighted by molar-refractivity contribution is 7.85. The molecular weight excluding hydrogens is 124 g/mol. The average molecular weight is 129 g/mol. The van der Waals surface area contributed by atoms with Gasteiger partial charge >= 0.3 is 0 Å². The van der Waals surface area contributed by atoms with Crippen LogP contribution < -0.4 is 0 Å². The van der Waals surface area contributed by atoms with Crippen molar-refractivity contribution in [3.05, 3.63) is 0 Å². The van der Waals surface area contributed by atoms with E-state index in [0.717, 1.165) is 0 Å². The molecule has 0 rings (SSSR count). The lowest BCUT2D eigenvalue weighted by Gasteiger charge is -1.86. The van der Waals surface area contributed by atoms with Crippen molar-refractivity contribution < 1.29 is 0 Å². The van der Waals surface area contributed by atoms with Crippen LogP contribution in [0.15, 0.2) is 0 Å². The van der Waals surface area contributed by atoms with Gasteiger partial charge in [-0.25, -0.2) is 0 Å². The molecule has 0 spiro atoms. The maximum Gasteiger partial charge on any atom is 0.0847 e. The van der Waals surface area contributed by atoms with E-state index < -0.39 is 0 Å². The van der Waals surface area contributed by atoms with Crippen molar-refractivity contribution in [2.24, 2.45) is 0 Å². The molecule has 1 atom stereocenters. The van der Waals surface area contributed by atoms with E-state index in [1.165, 1.54) is 0 Å². The van der Waals surface area contributed by atoms with Crippen LogP contribution in [0.5, 0.6) is 0 Å². The Kier molecular flexibility index (Phi) is 3.82. The molecule has 0 aromatic rings. The lowest BCUT2D eigenvalue weighted by molar-refractivity contribution is 1.46. The first-order valence-corrected chi connectivity index (χ1v) is 2.79. The predicted molar refractivity (Wildman–Crippen MR) is 32.5 cm³/mol. The Hall–Kier alpha value is 0.990. The summed E-state index contributed by atoms with van der Waals surface area (Å²) in [4.78, 5) is 0. The summed E-state index contributed by atoms with van der Waals surface area (Å²) < 4.78 is -0.0849. The van der Waals surface area contributed by atoms with Gasteiger partial charge in [-0.05, 0) is 0 Å². The van der Waals surface area contributed by atoms with Crippen molar-refractivity contribution in [1.29, 1.82) is 0 Å². The lowest BCUT2D eigenvalue weighted by atomic mass is 10.9. The van der Waals surface area contributed by atoms with Gasteiger partial charge in [0.15, 0.2) is 0 Å². The van der Waals surface area contributed by atoms with Gasteiger partial charge in [0.25, 0.3) is 0 Å². The van der Waals surface area contributed by atoms with Crippen LogP contribution >= 0.6 is 36.9 Å². The van der Waals surface area contributed by atoms with Crippen molar-refractivity contribution in [3.8, 4) is 0 Å². The van der Waals surface area contributed by atoms with Gasteiger partial charge < -0.3 is 0 Å². The molecule has 0 saturated carbocycles. The molecule has 0 amide bonds. The van der Waals surface area contributed by atoms with Gasteiger partial charge in [0.05, 0.1) is 4.71 Å². The Morgan fingerprint density at radius 3 is 2.00 bits per heavy atom. The van der Waals surface area contributed by atoms with Gasteiger partial charge in [-0.15, -0.1) is 11.6 Å². The van der Waals surface area contributed by atoms with Gasteiger partial charge in [-0.3, -0.25) is 0 Å². The third kappa shape index (κ3) is 4.99. The van der Waals surface area contributed by atoms with Crippen LogP contribution in [-0.4, -0.2) is 10.5 Å². The fourth-order valence-corrected chi connectivity index (χ4v) is 0. The largest absolute Gasteiger partial charge is 0.177 e.